The second kappa shape index (κ2) is 7.06. The highest BCUT2D eigenvalue weighted by Gasteiger charge is 2.32. The Labute approximate surface area is 145 Å². The molecule has 1 unspecified atom stereocenters. The van der Waals surface area contributed by atoms with Gasteiger partial charge >= 0.3 is 0 Å². The fourth-order valence-corrected chi connectivity index (χ4v) is 4.74. The maximum Gasteiger partial charge on any atom is 0.222 e. The van der Waals surface area contributed by atoms with Gasteiger partial charge < -0.3 is 5.32 Å². The van der Waals surface area contributed by atoms with E-state index in [2.05, 4.69) is 25.4 Å². The Morgan fingerprint density at radius 3 is 2.71 bits per heavy atom. The number of sulfone groups is 1. The first kappa shape index (κ1) is 17.2. The molecular weight excluding hydrogens is 348 g/mol. The first-order valence-electron chi connectivity index (χ1n) is 7.67. The molecular formula is C14H20N6O2S2. The Morgan fingerprint density at radius 1 is 1.38 bits per heavy atom. The zero-order chi connectivity index (χ0) is 17.2. The number of hydrogen-bond donors (Lipinski definition) is 1. The fourth-order valence-electron chi connectivity index (χ4n) is 2.66. The van der Waals surface area contributed by atoms with Crippen LogP contribution in [0.2, 0.25) is 0 Å². The summed E-state index contributed by atoms with van der Waals surface area (Å²) in [6.45, 7) is 0. The van der Waals surface area contributed by atoms with E-state index < -0.39 is 9.84 Å². The van der Waals surface area contributed by atoms with E-state index in [1.807, 2.05) is 6.26 Å². The third kappa shape index (κ3) is 3.69. The van der Waals surface area contributed by atoms with Gasteiger partial charge in [-0.25, -0.2) is 28.1 Å². The van der Waals surface area contributed by atoms with Crippen LogP contribution in [0.1, 0.15) is 18.3 Å². The van der Waals surface area contributed by atoms with Crippen molar-refractivity contribution in [3.8, 4) is 11.4 Å². The molecule has 0 saturated carbocycles. The minimum Gasteiger partial charge on any atom is -0.357 e. The molecule has 24 heavy (non-hydrogen) atoms. The molecule has 1 aliphatic rings. The molecule has 0 aromatic carbocycles. The second-order valence-electron chi connectivity index (χ2n) is 5.64. The van der Waals surface area contributed by atoms with Gasteiger partial charge in [-0.1, -0.05) is 0 Å². The Kier molecular flexibility index (Phi) is 5.04. The molecule has 2 aromatic heterocycles. The van der Waals surface area contributed by atoms with Crippen LogP contribution >= 0.6 is 11.8 Å². The molecule has 1 saturated heterocycles. The van der Waals surface area contributed by atoms with Gasteiger partial charge in [-0.2, -0.15) is 16.9 Å². The molecule has 1 aliphatic heterocycles. The molecule has 130 valence electrons. The minimum absolute atomic E-state index is 0.112. The predicted molar refractivity (Wildman–Crippen MR) is 95.0 cm³/mol. The van der Waals surface area contributed by atoms with E-state index >= 15 is 0 Å². The van der Waals surface area contributed by atoms with Crippen LogP contribution in [-0.2, 0) is 16.3 Å². The SMILES string of the molecule is CNc1ncc(-c2nc(CCSC)nn2C2CCS(=O)(=O)C2)cn1. The summed E-state index contributed by atoms with van der Waals surface area (Å²) in [4.78, 5) is 13.0. The Balaban J connectivity index is 1.97. The van der Waals surface area contributed by atoms with Gasteiger partial charge in [-0.05, 0) is 12.7 Å². The van der Waals surface area contributed by atoms with Gasteiger partial charge in [0, 0.05) is 31.6 Å². The first-order valence-corrected chi connectivity index (χ1v) is 10.9. The third-order valence-electron chi connectivity index (χ3n) is 3.89. The maximum absolute atomic E-state index is 11.8. The molecule has 1 fully saturated rings. The summed E-state index contributed by atoms with van der Waals surface area (Å²) in [7, 11) is -1.24. The average molecular weight is 368 g/mol. The largest absolute Gasteiger partial charge is 0.357 e. The Hall–Kier alpha value is -1.68. The summed E-state index contributed by atoms with van der Waals surface area (Å²) in [5.41, 5.74) is 0.737. The standard InChI is InChI=1S/C14H20N6O2S2/c1-15-14-16-7-10(8-17-14)13-18-12(3-5-23-2)19-20(13)11-4-6-24(21,22)9-11/h7-8,11H,3-6,9H2,1-2H3,(H,15,16,17). The second-order valence-corrected chi connectivity index (χ2v) is 8.86. The lowest BCUT2D eigenvalue weighted by molar-refractivity contribution is 0.500. The van der Waals surface area contributed by atoms with Crippen LogP contribution < -0.4 is 5.32 Å². The molecule has 0 radical (unpaired) electrons. The van der Waals surface area contributed by atoms with Crippen LogP contribution in [-0.4, -0.2) is 63.7 Å². The van der Waals surface area contributed by atoms with Crippen molar-refractivity contribution >= 4 is 27.5 Å². The van der Waals surface area contributed by atoms with Crippen molar-refractivity contribution in [3.63, 3.8) is 0 Å². The van der Waals surface area contributed by atoms with Gasteiger partial charge in [0.15, 0.2) is 21.5 Å². The number of aromatic nitrogens is 5. The van der Waals surface area contributed by atoms with Crippen LogP contribution in [0.4, 0.5) is 5.95 Å². The van der Waals surface area contributed by atoms with Crippen molar-refractivity contribution in [2.75, 3.05) is 35.9 Å². The van der Waals surface area contributed by atoms with Crippen molar-refractivity contribution in [2.45, 2.75) is 18.9 Å². The minimum atomic E-state index is -2.99. The third-order valence-corrected chi connectivity index (χ3v) is 6.26. The zero-order valence-electron chi connectivity index (χ0n) is 13.6. The number of thioether (sulfide) groups is 1. The Bertz CT molecular complexity index is 803. The number of aryl methyl sites for hydroxylation is 1. The number of hydrogen-bond acceptors (Lipinski definition) is 8. The quantitative estimate of drug-likeness (QED) is 0.807. The van der Waals surface area contributed by atoms with Gasteiger partial charge in [0.05, 0.1) is 23.1 Å². The smallest absolute Gasteiger partial charge is 0.222 e. The van der Waals surface area contributed by atoms with Crippen LogP contribution in [0.25, 0.3) is 11.4 Å². The topological polar surface area (TPSA) is 103 Å². The van der Waals surface area contributed by atoms with Crippen LogP contribution in [0.5, 0.6) is 0 Å². The van der Waals surface area contributed by atoms with Crippen molar-refractivity contribution < 1.29 is 8.42 Å². The number of rotatable bonds is 6. The first-order chi connectivity index (χ1) is 11.5. The van der Waals surface area contributed by atoms with E-state index in [0.717, 1.165) is 23.6 Å². The molecule has 0 spiro atoms. The molecule has 2 aromatic rings. The van der Waals surface area contributed by atoms with E-state index in [1.165, 1.54) is 0 Å². The predicted octanol–water partition coefficient (Wildman–Crippen LogP) is 1.04. The molecule has 0 bridgehead atoms. The zero-order valence-corrected chi connectivity index (χ0v) is 15.3. The van der Waals surface area contributed by atoms with Crippen LogP contribution in [0, 0.1) is 0 Å². The molecule has 3 rings (SSSR count). The van der Waals surface area contributed by atoms with Crippen molar-refractivity contribution in [1.29, 1.82) is 0 Å². The van der Waals surface area contributed by atoms with Crippen molar-refractivity contribution in [1.82, 2.24) is 24.7 Å². The number of nitrogens with zero attached hydrogens (tertiary/aromatic N) is 5. The van der Waals surface area contributed by atoms with Crippen LogP contribution in [0.15, 0.2) is 12.4 Å². The molecule has 8 nitrogen and oxygen atoms in total. The lowest BCUT2D eigenvalue weighted by atomic mass is 10.2. The molecule has 0 aliphatic carbocycles. The molecule has 0 amide bonds. The molecule has 1 N–H and O–H groups in total. The van der Waals surface area contributed by atoms with E-state index in [0.29, 0.717) is 18.2 Å². The Morgan fingerprint density at radius 2 is 2.12 bits per heavy atom. The highest BCUT2D eigenvalue weighted by atomic mass is 32.2. The summed E-state index contributed by atoms with van der Waals surface area (Å²) >= 11 is 1.73. The van der Waals surface area contributed by atoms with E-state index in [9.17, 15) is 8.42 Å². The van der Waals surface area contributed by atoms with E-state index in [1.54, 1.807) is 35.9 Å². The van der Waals surface area contributed by atoms with Crippen molar-refractivity contribution in [3.05, 3.63) is 18.2 Å². The van der Waals surface area contributed by atoms with Gasteiger partial charge in [-0.15, -0.1) is 0 Å². The average Bonchev–Trinajstić information content (AvgIpc) is 3.16. The lowest BCUT2D eigenvalue weighted by Crippen LogP contribution is -2.14. The lowest BCUT2D eigenvalue weighted by Gasteiger charge is -2.11. The summed E-state index contributed by atoms with van der Waals surface area (Å²) in [5.74, 6) is 3.11. The highest BCUT2D eigenvalue weighted by Crippen LogP contribution is 2.28. The molecule has 1 atom stereocenters. The summed E-state index contributed by atoms with van der Waals surface area (Å²) in [5, 5.41) is 7.44. The summed E-state index contributed by atoms with van der Waals surface area (Å²) in [6, 6.07) is -0.176. The van der Waals surface area contributed by atoms with Crippen molar-refractivity contribution in [2.24, 2.45) is 0 Å². The molecule has 10 heteroatoms. The van der Waals surface area contributed by atoms with Gasteiger partial charge in [0.2, 0.25) is 5.95 Å². The summed E-state index contributed by atoms with van der Waals surface area (Å²) in [6.07, 6.45) is 6.71. The van der Waals surface area contributed by atoms with Gasteiger partial charge in [-0.3, -0.25) is 0 Å². The maximum atomic E-state index is 11.8. The summed E-state index contributed by atoms with van der Waals surface area (Å²) < 4.78 is 25.4. The number of anilines is 1. The molecule has 3 heterocycles. The van der Waals surface area contributed by atoms with Crippen LogP contribution in [0.3, 0.4) is 0 Å². The van der Waals surface area contributed by atoms with Gasteiger partial charge in [0.25, 0.3) is 0 Å². The van der Waals surface area contributed by atoms with E-state index in [4.69, 9.17) is 0 Å². The van der Waals surface area contributed by atoms with Gasteiger partial charge in [0.1, 0.15) is 0 Å². The number of nitrogens with one attached hydrogen (secondary N) is 1. The fraction of sp³-hybridized carbons (Fsp3) is 0.571. The highest BCUT2D eigenvalue weighted by molar-refractivity contribution is 7.98. The normalized spacial score (nSPS) is 19.5. The van der Waals surface area contributed by atoms with E-state index in [-0.39, 0.29) is 17.5 Å². The monoisotopic (exact) mass is 368 g/mol.